The Bertz CT molecular complexity index is 479. The number of carboxylic acids is 1. The van der Waals surface area contributed by atoms with Crippen molar-refractivity contribution in [3.63, 3.8) is 0 Å². The van der Waals surface area contributed by atoms with Gasteiger partial charge in [0.25, 0.3) is 0 Å². The number of hydrogen-bond acceptors (Lipinski definition) is 2. The molecule has 2 atom stereocenters. The molecule has 2 unspecified atom stereocenters. The lowest BCUT2D eigenvalue weighted by molar-refractivity contribution is -0.141. The first kappa shape index (κ1) is 16.3. The molecule has 0 radical (unpaired) electrons. The second kappa shape index (κ2) is 7.75. The van der Waals surface area contributed by atoms with E-state index in [1.165, 1.54) is 0 Å². The van der Waals surface area contributed by atoms with Gasteiger partial charge >= 0.3 is 12.0 Å². The van der Waals surface area contributed by atoms with Gasteiger partial charge in [0.15, 0.2) is 0 Å². The van der Waals surface area contributed by atoms with Gasteiger partial charge in [0, 0.05) is 11.6 Å². The van der Waals surface area contributed by atoms with Crippen LogP contribution in [0.3, 0.4) is 0 Å². The quantitative estimate of drug-likeness (QED) is 0.755. The summed E-state index contributed by atoms with van der Waals surface area (Å²) in [4.78, 5) is 22.6. The highest BCUT2D eigenvalue weighted by Gasteiger charge is 2.17. The van der Waals surface area contributed by atoms with Gasteiger partial charge in [-0.05, 0) is 25.0 Å². The van der Waals surface area contributed by atoms with Gasteiger partial charge in [-0.3, -0.25) is 4.79 Å². The van der Waals surface area contributed by atoms with E-state index >= 15 is 0 Å². The Kier molecular flexibility index (Phi) is 6.31. The highest BCUT2D eigenvalue weighted by Crippen LogP contribution is 2.21. The number of aliphatic carboxylic acids is 1. The largest absolute Gasteiger partial charge is 0.481 e. The summed E-state index contributed by atoms with van der Waals surface area (Å²) in [6.45, 7) is 3.69. The van der Waals surface area contributed by atoms with Crippen LogP contribution in [0.25, 0.3) is 0 Å². The van der Waals surface area contributed by atoms with Gasteiger partial charge in [-0.15, -0.1) is 0 Å². The first-order valence-electron chi connectivity index (χ1n) is 6.47. The van der Waals surface area contributed by atoms with Crippen molar-refractivity contribution in [1.29, 1.82) is 0 Å². The summed E-state index contributed by atoms with van der Waals surface area (Å²) in [5.41, 5.74) is 0.814. The normalized spacial score (nSPS) is 13.3. The van der Waals surface area contributed by atoms with E-state index in [0.717, 1.165) is 5.56 Å². The van der Waals surface area contributed by atoms with Gasteiger partial charge in [0.2, 0.25) is 0 Å². The number of carbonyl (C=O) groups is 2. The predicted molar refractivity (Wildman–Crippen MR) is 77.8 cm³/mol. The lowest BCUT2D eigenvalue weighted by Crippen LogP contribution is -2.40. The molecule has 0 fully saturated rings. The third-order valence-corrected chi connectivity index (χ3v) is 3.41. The van der Waals surface area contributed by atoms with Crippen LogP contribution >= 0.6 is 11.6 Å². The smallest absolute Gasteiger partial charge is 0.315 e. The van der Waals surface area contributed by atoms with E-state index in [9.17, 15) is 9.59 Å². The Balaban J connectivity index is 2.50. The molecule has 0 bridgehead atoms. The number of hydrogen-bond donors (Lipinski definition) is 3. The zero-order chi connectivity index (χ0) is 15.1. The van der Waals surface area contributed by atoms with Crippen molar-refractivity contribution in [2.75, 3.05) is 6.54 Å². The van der Waals surface area contributed by atoms with Crippen LogP contribution in [0, 0.1) is 5.92 Å². The molecule has 1 aromatic carbocycles. The van der Waals surface area contributed by atoms with E-state index in [0.29, 0.717) is 11.4 Å². The number of halogens is 1. The number of urea groups is 1. The topological polar surface area (TPSA) is 78.4 Å². The molecular formula is C14H19ClN2O3. The second-order valence-corrected chi connectivity index (χ2v) is 4.95. The summed E-state index contributed by atoms with van der Waals surface area (Å²) in [6, 6.07) is 6.58. The van der Waals surface area contributed by atoms with Gasteiger partial charge in [0.05, 0.1) is 12.0 Å². The molecule has 6 heteroatoms. The van der Waals surface area contributed by atoms with Gasteiger partial charge in [-0.1, -0.05) is 36.7 Å². The fourth-order valence-corrected chi connectivity index (χ4v) is 2.07. The minimum absolute atomic E-state index is 0.104. The molecule has 0 aliphatic carbocycles. The Morgan fingerprint density at radius 2 is 2.00 bits per heavy atom. The van der Waals surface area contributed by atoms with E-state index < -0.39 is 17.9 Å². The third-order valence-electron chi connectivity index (χ3n) is 3.07. The highest BCUT2D eigenvalue weighted by molar-refractivity contribution is 6.31. The summed E-state index contributed by atoms with van der Waals surface area (Å²) in [6.07, 6.45) is 0.468. The third kappa shape index (κ3) is 4.74. The molecule has 5 nitrogen and oxygen atoms in total. The molecule has 110 valence electrons. The maximum atomic E-state index is 11.7. The Morgan fingerprint density at radius 3 is 2.55 bits per heavy atom. The van der Waals surface area contributed by atoms with Gasteiger partial charge in [0.1, 0.15) is 0 Å². The van der Waals surface area contributed by atoms with Crippen LogP contribution in [0.15, 0.2) is 24.3 Å². The van der Waals surface area contributed by atoms with E-state index in [-0.39, 0.29) is 12.6 Å². The van der Waals surface area contributed by atoms with Crippen LogP contribution in [0.2, 0.25) is 5.02 Å². The van der Waals surface area contributed by atoms with Crippen LogP contribution in [-0.2, 0) is 4.79 Å². The van der Waals surface area contributed by atoms with E-state index in [1.807, 2.05) is 25.1 Å². The van der Waals surface area contributed by atoms with Crippen molar-refractivity contribution in [3.8, 4) is 0 Å². The minimum atomic E-state index is -0.910. The lowest BCUT2D eigenvalue weighted by Gasteiger charge is -2.17. The SMILES string of the molecule is CCC(CNC(=O)NC(C)c1ccccc1Cl)C(=O)O. The number of carbonyl (C=O) groups excluding carboxylic acids is 1. The summed E-state index contributed by atoms with van der Waals surface area (Å²) in [7, 11) is 0. The van der Waals surface area contributed by atoms with E-state index in [1.54, 1.807) is 13.0 Å². The Morgan fingerprint density at radius 1 is 1.35 bits per heavy atom. The van der Waals surface area contributed by atoms with Crippen molar-refractivity contribution in [3.05, 3.63) is 34.9 Å². The van der Waals surface area contributed by atoms with Gasteiger partial charge in [-0.2, -0.15) is 0 Å². The molecule has 0 aliphatic heterocycles. The number of nitrogens with one attached hydrogen (secondary N) is 2. The predicted octanol–water partition coefficient (Wildman–Crippen LogP) is 2.81. The molecular weight excluding hydrogens is 280 g/mol. The Labute approximate surface area is 123 Å². The van der Waals surface area contributed by atoms with Crippen molar-refractivity contribution in [2.45, 2.75) is 26.3 Å². The average Bonchev–Trinajstić information content (AvgIpc) is 2.39. The highest BCUT2D eigenvalue weighted by atomic mass is 35.5. The number of benzene rings is 1. The van der Waals surface area contributed by atoms with Crippen LogP contribution in [-0.4, -0.2) is 23.7 Å². The molecule has 0 saturated carbocycles. The average molecular weight is 299 g/mol. The van der Waals surface area contributed by atoms with Crippen LogP contribution < -0.4 is 10.6 Å². The monoisotopic (exact) mass is 298 g/mol. The summed E-state index contributed by atoms with van der Waals surface area (Å²) in [5, 5.41) is 14.8. The first-order chi connectivity index (χ1) is 9.45. The summed E-state index contributed by atoms with van der Waals surface area (Å²) >= 11 is 6.04. The first-order valence-corrected chi connectivity index (χ1v) is 6.85. The van der Waals surface area contributed by atoms with Crippen LogP contribution in [0.5, 0.6) is 0 Å². The van der Waals surface area contributed by atoms with Crippen molar-refractivity contribution in [2.24, 2.45) is 5.92 Å². The zero-order valence-corrected chi connectivity index (χ0v) is 12.3. The molecule has 3 N–H and O–H groups in total. The molecule has 0 aliphatic rings. The summed E-state index contributed by atoms with van der Waals surface area (Å²) < 4.78 is 0. The van der Waals surface area contributed by atoms with Crippen LogP contribution in [0.4, 0.5) is 4.79 Å². The van der Waals surface area contributed by atoms with Crippen LogP contribution in [0.1, 0.15) is 31.9 Å². The van der Waals surface area contributed by atoms with E-state index in [2.05, 4.69) is 10.6 Å². The summed E-state index contributed by atoms with van der Waals surface area (Å²) in [5.74, 6) is -1.48. The fourth-order valence-electron chi connectivity index (χ4n) is 1.77. The van der Waals surface area contributed by atoms with Crippen molar-refractivity contribution in [1.82, 2.24) is 10.6 Å². The van der Waals surface area contributed by atoms with E-state index in [4.69, 9.17) is 16.7 Å². The number of carboxylic acid groups (broad SMARTS) is 1. The standard InChI is InChI=1S/C14H19ClN2O3/c1-3-10(13(18)19)8-16-14(20)17-9(2)11-6-4-5-7-12(11)15/h4-7,9-10H,3,8H2,1-2H3,(H,18,19)(H2,16,17,20). The number of amides is 2. The zero-order valence-electron chi connectivity index (χ0n) is 11.5. The van der Waals surface area contributed by atoms with Gasteiger partial charge in [-0.25, -0.2) is 4.79 Å². The molecule has 1 aromatic rings. The maximum absolute atomic E-state index is 11.7. The second-order valence-electron chi connectivity index (χ2n) is 4.54. The molecule has 0 heterocycles. The van der Waals surface area contributed by atoms with Gasteiger partial charge < -0.3 is 15.7 Å². The molecule has 0 aromatic heterocycles. The molecule has 2 amide bonds. The molecule has 0 saturated heterocycles. The Hall–Kier alpha value is -1.75. The minimum Gasteiger partial charge on any atom is -0.481 e. The maximum Gasteiger partial charge on any atom is 0.315 e. The molecule has 20 heavy (non-hydrogen) atoms. The van der Waals surface area contributed by atoms with Crippen molar-refractivity contribution >= 4 is 23.6 Å². The fraction of sp³-hybridized carbons (Fsp3) is 0.429. The number of rotatable bonds is 6. The lowest BCUT2D eigenvalue weighted by atomic mass is 10.1. The molecule has 0 spiro atoms. The van der Waals surface area contributed by atoms with Crippen molar-refractivity contribution < 1.29 is 14.7 Å². The molecule has 1 rings (SSSR count).